The van der Waals surface area contributed by atoms with Crippen LogP contribution < -0.4 is 5.32 Å². The van der Waals surface area contributed by atoms with Crippen LogP contribution in [0.3, 0.4) is 0 Å². The molecular formula is C12H15F2N. The Hall–Kier alpha value is -0.960. The highest BCUT2D eigenvalue weighted by atomic mass is 19.1. The monoisotopic (exact) mass is 211 g/mol. The number of rotatable bonds is 2. The average molecular weight is 211 g/mol. The SMILES string of the molecule is FCC1CCNC(c2ccc(F)cc2)C1. The van der Waals surface area contributed by atoms with Crippen molar-refractivity contribution in [1.29, 1.82) is 0 Å². The molecule has 0 spiro atoms. The zero-order valence-electron chi connectivity index (χ0n) is 8.55. The maximum absolute atomic E-state index is 12.7. The second-order valence-electron chi connectivity index (χ2n) is 4.10. The van der Waals surface area contributed by atoms with Gasteiger partial charge < -0.3 is 5.32 Å². The van der Waals surface area contributed by atoms with Gasteiger partial charge >= 0.3 is 0 Å². The van der Waals surface area contributed by atoms with Crippen molar-refractivity contribution in [3.63, 3.8) is 0 Å². The highest BCUT2D eigenvalue weighted by molar-refractivity contribution is 5.20. The zero-order chi connectivity index (χ0) is 10.7. The summed E-state index contributed by atoms with van der Waals surface area (Å²) in [5.74, 6) is -0.0714. The van der Waals surface area contributed by atoms with E-state index in [1.165, 1.54) is 12.1 Å². The van der Waals surface area contributed by atoms with Gasteiger partial charge in [-0.2, -0.15) is 0 Å². The molecule has 0 saturated carbocycles. The number of nitrogens with one attached hydrogen (secondary N) is 1. The summed E-state index contributed by atoms with van der Waals surface area (Å²) in [4.78, 5) is 0. The van der Waals surface area contributed by atoms with Crippen LogP contribution in [-0.2, 0) is 0 Å². The van der Waals surface area contributed by atoms with Crippen molar-refractivity contribution in [2.24, 2.45) is 5.92 Å². The van der Waals surface area contributed by atoms with Crippen LogP contribution in [0.4, 0.5) is 8.78 Å². The van der Waals surface area contributed by atoms with Gasteiger partial charge in [-0.15, -0.1) is 0 Å². The van der Waals surface area contributed by atoms with Gasteiger partial charge in [0.25, 0.3) is 0 Å². The molecule has 1 aromatic rings. The second kappa shape index (κ2) is 4.71. The van der Waals surface area contributed by atoms with Gasteiger partial charge in [-0.3, -0.25) is 4.39 Å². The number of halogens is 2. The second-order valence-corrected chi connectivity index (χ2v) is 4.10. The van der Waals surface area contributed by atoms with Crippen LogP contribution in [0.25, 0.3) is 0 Å². The summed E-state index contributed by atoms with van der Waals surface area (Å²) in [5, 5.41) is 3.33. The van der Waals surface area contributed by atoms with Crippen LogP contribution in [-0.4, -0.2) is 13.2 Å². The van der Waals surface area contributed by atoms with Crippen LogP contribution in [0.5, 0.6) is 0 Å². The average Bonchev–Trinajstić information content (AvgIpc) is 2.30. The van der Waals surface area contributed by atoms with E-state index in [9.17, 15) is 8.78 Å². The summed E-state index contributed by atoms with van der Waals surface area (Å²) in [7, 11) is 0. The third-order valence-electron chi connectivity index (χ3n) is 3.00. The maximum Gasteiger partial charge on any atom is 0.123 e. The molecule has 0 amide bonds. The molecule has 15 heavy (non-hydrogen) atoms. The third kappa shape index (κ3) is 2.53. The van der Waals surface area contributed by atoms with E-state index in [-0.39, 0.29) is 24.5 Å². The molecule has 82 valence electrons. The van der Waals surface area contributed by atoms with E-state index >= 15 is 0 Å². The summed E-state index contributed by atoms with van der Waals surface area (Å²) >= 11 is 0. The topological polar surface area (TPSA) is 12.0 Å². The van der Waals surface area contributed by atoms with E-state index in [4.69, 9.17) is 0 Å². The first-order valence-corrected chi connectivity index (χ1v) is 5.34. The van der Waals surface area contributed by atoms with Crippen molar-refractivity contribution in [2.45, 2.75) is 18.9 Å². The van der Waals surface area contributed by atoms with E-state index in [0.717, 1.165) is 24.9 Å². The minimum atomic E-state index is -0.251. The lowest BCUT2D eigenvalue weighted by molar-refractivity contribution is 0.250. The van der Waals surface area contributed by atoms with Crippen molar-refractivity contribution in [3.05, 3.63) is 35.6 Å². The first-order chi connectivity index (χ1) is 7.29. The summed E-state index contributed by atoms with van der Waals surface area (Å²) < 4.78 is 25.3. The number of piperidine rings is 1. The van der Waals surface area contributed by atoms with Crippen LogP contribution in [0, 0.1) is 11.7 Å². The van der Waals surface area contributed by atoms with Crippen molar-refractivity contribution in [3.8, 4) is 0 Å². The fourth-order valence-electron chi connectivity index (χ4n) is 2.09. The highest BCUT2D eigenvalue weighted by Crippen LogP contribution is 2.27. The van der Waals surface area contributed by atoms with E-state index < -0.39 is 0 Å². The lowest BCUT2D eigenvalue weighted by Gasteiger charge is -2.29. The largest absolute Gasteiger partial charge is 0.310 e. The minimum absolute atomic E-state index is 0.154. The minimum Gasteiger partial charge on any atom is -0.310 e. The summed E-state index contributed by atoms with van der Waals surface area (Å²) in [6.07, 6.45) is 1.70. The van der Waals surface area contributed by atoms with Crippen molar-refractivity contribution in [2.75, 3.05) is 13.2 Å². The van der Waals surface area contributed by atoms with E-state index in [1.807, 2.05) is 0 Å². The summed E-state index contributed by atoms with van der Waals surface area (Å²) in [6, 6.07) is 6.63. The molecule has 1 aliphatic heterocycles. The predicted molar refractivity (Wildman–Crippen MR) is 55.8 cm³/mol. The normalized spacial score (nSPS) is 26.5. The Bertz CT molecular complexity index is 310. The summed E-state index contributed by atoms with van der Waals surface area (Å²) in [5.41, 5.74) is 1.05. The molecule has 1 heterocycles. The van der Waals surface area contributed by atoms with Crippen molar-refractivity contribution >= 4 is 0 Å². The van der Waals surface area contributed by atoms with Gasteiger partial charge in [-0.1, -0.05) is 12.1 Å². The predicted octanol–water partition coefficient (Wildman–Crippen LogP) is 2.84. The van der Waals surface area contributed by atoms with Gasteiger partial charge in [0.2, 0.25) is 0 Å². The standard InChI is InChI=1S/C12H15F2N/c13-8-9-5-6-15-12(7-9)10-1-3-11(14)4-2-10/h1-4,9,12,15H,5-8H2. The molecule has 1 N–H and O–H groups in total. The molecule has 1 nitrogen and oxygen atoms in total. The van der Waals surface area contributed by atoms with Gasteiger partial charge in [0, 0.05) is 6.04 Å². The smallest absolute Gasteiger partial charge is 0.123 e. The van der Waals surface area contributed by atoms with Crippen LogP contribution in [0.15, 0.2) is 24.3 Å². The zero-order valence-corrected chi connectivity index (χ0v) is 8.55. The lowest BCUT2D eigenvalue weighted by atomic mass is 9.90. The molecule has 1 fully saturated rings. The van der Waals surface area contributed by atoms with Crippen molar-refractivity contribution < 1.29 is 8.78 Å². The molecule has 0 bridgehead atoms. The molecule has 1 aromatic carbocycles. The molecule has 2 rings (SSSR count). The fraction of sp³-hybridized carbons (Fsp3) is 0.500. The maximum atomic E-state index is 12.7. The number of hydrogen-bond acceptors (Lipinski definition) is 1. The molecule has 0 radical (unpaired) electrons. The van der Waals surface area contributed by atoms with E-state index in [1.54, 1.807) is 12.1 Å². The van der Waals surface area contributed by atoms with Gasteiger partial charge in [0.15, 0.2) is 0 Å². The lowest BCUT2D eigenvalue weighted by Crippen LogP contribution is -2.32. The summed E-state index contributed by atoms with van der Waals surface area (Å²) in [6.45, 7) is 0.593. The van der Waals surface area contributed by atoms with Gasteiger partial charge in [0.05, 0.1) is 6.67 Å². The molecule has 3 heteroatoms. The molecular weight excluding hydrogens is 196 g/mol. The Morgan fingerprint density at radius 1 is 1.27 bits per heavy atom. The van der Waals surface area contributed by atoms with Crippen molar-refractivity contribution in [1.82, 2.24) is 5.32 Å². The Labute approximate surface area is 88.5 Å². The number of benzene rings is 1. The Morgan fingerprint density at radius 2 is 2.00 bits per heavy atom. The number of alkyl halides is 1. The quantitative estimate of drug-likeness (QED) is 0.793. The third-order valence-corrected chi connectivity index (χ3v) is 3.00. The van der Waals surface area contributed by atoms with Gasteiger partial charge in [-0.05, 0) is 43.0 Å². The van der Waals surface area contributed by atoms with Crippen LogP contribution in [0.2, 0.25) is 0 Å². The molecule has 2 atom stereocenters. The first kappa shape index (κ1) is 10.6. The molecule has 2 unspecified atom stereocenters. The molecule has 0 aromatic heterocycles. The number of hydrogen-bond donors (Lipinski definition) is 1. The fourth-order valence-corrected chi connectivity index (χ4v) is 2.09. The van der Waals surface area contributed by atoms with Crippen LogP contribution >= 0.6 is 0 Å². The van der Waals surface area contributed by atoms with E-state index in [2.05, 4.69) is 5.32 Å². The highest BCUT2D eigenvalue weighted by Gasteiger charge is 2.22. The molecule has 1 aliphatic rings. The molecule has 1 saturated heterocycles. The Kier molecular flexibility index (Phi) is 3.31. The van der Waals surface area contributed by atoms with E-state index in [0.29, 0.717) is 0 Å². The van der Waals surface area contributed by atoms with Crippen LogP contribution in [0.1, 0.15) is 24.4 Å². The first-order valence-electron chi connectivity index (χ1n) is 5.34. The Balaban J connectivity index is 2.06. The Morgan fingerprint density at radius 3 is 2.67 bits per heavy atom. The van der Waals surface area contributed by atoms with Gasteiger partial charge in [-0.25, -0.2) is 4.39 Å². The molecule has 0 aliphatic carbocycles. The van der Waals surface area contributed by atoms with Gasteiger partial charge in [0.1, 0.15) is 5.82 Å².